The lowest BCUT2D eigenvalue weighted by atomic mass is 10.1. The first kappa shape index (κ1) is 14.1. The Hall–Kier alpha value is -1.33. The van der Waals surface area contributed by atoms with E-state index in [0.717, 1.165) is 8.95 Å². The fourth-order valence-electron chi connectivity index (χ4n) is 1.61. The van der Waals surface area contributed by atoms with Crippen LogP contribution in [0.2, 0.25) is 0 Å². The van der Waals surface area contributed by atoms with Gasteiger partial charge in [-0.15, -0.1) is 0 Å². The average molecular weight is 385 g/mol. The third-order valence-corrected chi connectivity index (χ3v) is 3.64. The quantitative estimate of drug-likeness (QED) is 0.611. The minimum Gasteiger partial charge on any atom is -0.456 e. The molecule has 0 fully saturated rings. The van der Waals surface area contributed by atoms with E-state index in [1.807, 2.05) is 18.2 Å². The van der Waals surface area contributed by atoms with Crippen LogP contribution in [-0.4, -0.2) is 5.78 Å². The van der Waals surface area contributed by atoms with Crippen molar-refractivity contribution in [2.45, 2.75) is 6.92 Å². The Morgan fingerprint density at radius 1 is 1.16 bits per heavy atom. The van der Waals surface area contributed by atoms with E-state index in [-0.39, 0.29) is 5.78 Å². The van der Waals surface area contributed by atoms with E-state index in [1.165, 1.54) is 6.92 Å². The van der Waals surface area contributed by atoms with E-state index in [2.05, 4.69) is 31.9 Å². The van der Waals surface area contributed by atoms with Crippen molar-refractivity contribution in [3.05, 3.63) is 50.9 Å². The van der Waals surface area contributed by atoms with Crippen LogP contribution < -0.4 is 10.5 Å². The van der Waals surface area contributed by atoms with Gasteiger partial charge < -0.3 is 10.5 Å². The molecule has 0 saturated carbocycles. The Morgan fingerprint density at radius 3 is 2.47 bits per heavy atom. The SMILES string of the molecule is CC(=O)c1ccc(Oc2ccc(Br)cc2Br)cc1N. The fraction of sp³-hybridized carbons (Fsp3) is 0.0714. The number of Topliss-reactive ketones (excluding diaryl/α,β-unsaturated/α-hetero) is 1. The molecule has 2 aromatic carbocycles. The molecule has 98 valence electrons. The maximum absolute atomic E-state index is 11.3. The van der Waals surface area contributed by atoms with Crippen LogP contribution in [0.1, 0.15) is 17.3 Å². The lowest BCUT2D eigenvalue weighted by Gasteiger charge is -2.10. The number of anilines is 1. The van der Waals surface area contributed by atoms with E-state index in [1.54, 1.807) is 18.2 Å². The molecule has 0 aromatic heterocycles. The summed E-state index contributed by atoms with van der Waals surface area (Å²) in [6, 6.07) is 10.6. The molecule has 5 heteroatoms. The van der Waals surface area contributed by atoms with E-state index >= 15 is 0 Å². The van der Waals surface area contributed by atoms with Gasteiger partial charge in [-0.2, -0.15) is 0 Å². The van der Waals surface area contributed by atoms with Gasteiger partial charge in [0.25, 0.3) is 0 Å². The van der Waals surface area contributed by atoms with Gasteiger partial charge >= 0.3 is 0 Å². The number of hydrogen-bond donors (Lipinski definition) is 1. The zero-order valence-electron chi connectivity index (χ0n) is 10.1. The number of benzene rings is 2. The first-order valence-corrected chi connectivity index (χ1v) is 7.09. The maximum atomic E-state index is 11.3. The number of carbonyl (C=O) groups excluding carboxylic acids is 1. The second-order valence-corrected chi connectivity index (χ2v) is 5.75. The Bertz CT molecular complexity index is 641. The van der Waals surface area contributed by atoms with Gasteiger partial charge in [-0.3, -0.25) is 4.79 Å². The molecular weight excluding hydrogens is 374 g/mol. The van der Waals surface area contributed by atoms with Gasteiger partial charge in [-0.1, -0.05) is 15.9 Å². The summed E-state index contributed by atoms with van der Waals surface area (Å²) in [7, 11) is 0. The number of ether oxygens (including phenoxy) is 1. The lowest BCUT2D eigenvalue weighted by Crippen LogP contribution is -1.99. The molecule has 0 aliphatic heterocycles. The third kappa shape index (κ3) is 3.36. The molecular formula is C14H11Br2NO2. The molecule has 0 aliphatic rings. The highest BCUT2D eigenvalue weighted by molar-refractivity contribution is 9.11. The number of rotatable bonds is 3. The van der Waals surface area contributed by atoms with Gasteiger partial charge in [0.05, 0.1) is 4.47 Å². The van der Waals surface area contributed by atoms with Gasteiger partial charge in [-0.05, 0) is 53.2 Å². The summed E-state index contributed by atoms with van der Waals surface area (Å²) in [6.45, 7) is 1.48. The fourth-order valence-corrected chi connectivity index (χ4v) is 2.74. The summed E-state index contributed by atoms with van der Waals surface area (Å²) in [5.41, 5.74) is 6.74. The number of carbonyl (C=O) groups is 1. The number of nitrogen functional groups attached to an aromatic ring is 1. The first-order chi connectivity index (χ1) is 8.97. The zero-order valence-corrected chi connectivity index (χ0v) is 13.3. The molecule has 2 rings (SSSR count). The van der Waals surface area contributed by atoms with Crippen LogP contribution in [0.3, 0.4) is 0 Å². The average Bonchev–Trinajstić information content (AvgIpc) is 2.32. The molecule has 0 amide bonds. The number of nitrogens with two attached hydrogens (primary N) is 1. The van der Waals surface area contributed by atoms with Crippen LogP contribution >= 0.6 is 31.9 Å². The van der Waals surface area contributed by atoms with Crippen molar-refractivity contribution in [3.8, 4) is 11.5 Å². The highest BCUT2D eigenvalue weighted by atomic mass is 79.9. The van der Waals surface area contributed by atoms with Crippen LogP contribution in [0.15, 0.2) is 45.3 Å². The van der Waals surface area contributed by atoms with Crippen LogP contribution in [0.5, 0.6) is 11.5 Å². The van der Waals surface area contributed by atoms with Gasteiger partial charge in [0.1, 0.15) is 11.5 Å². The summed E-state index contributed by atoms with van der Waals surface area (Å²) in [6.07, 6.45) is 0. The molecule has 0 unspecified atom stereocenters. The normalized spacial score (nSPS) is 10.3. The summed E-state index contributed by atoms with van der Waals surface area (Å²) < 4.78 is 7.51. The summed E-state index contributed by atoms with van der Waals surface area (Å²) in [5.74, 6) is 1.21. The predicted molar refractivity (Wildman–Crippen MR) is 82.8 cm³/mol. The van der Waals surface area contributed by atoms with Crippen molar-refractivity contribution >= 4 is 43.3 Å². The molecule has 0 bridgehead atoms. The van der Waals surface area contributed by atoms with E-state index < -0.39 is 0 Å². The minimum absolute atomic E-state index is 0.0612. The lowest BCUT2D eigenvalue weighted by molar-refractivity contribution is 0.101. The standard InChI is InChI=1S/C14H11Br2NO2/c1-8(18)11-4-3-10(7-13(11)17)19-14-5-2-9(15)6-12(14)16/h2-7H,17H2,1H3. The van der Waals surface area contributed by atoms with Gasteiger partial charge in [-0.25, -0.2) is 0 Å². The molecule has 0 atom stereocenters. The van der Waals surface area contributed by atoms with Gasteiger partial charge in [0, 0.05) is 21.8 Å². The van der Waals surface area contributed by atoms with E-state index in [9.17, 15) is 4.79 Å². The van der Waals surface area contributed by atoms with Crippen LogP contribution in [-0.2, 0) is 0 Å². The smallest absolute Gasteiger partial charge is 0.161 e. The molecule has 0 saturated heterocycles. The molecule has 3 nitrogen and oxygen atoms in total. The highest BCUT2D eigenvalue weighted by Gasteiger charge is 2.08. The monoisotopic (exact) mass is 383 g/mol. The highest BCUT2D eigenvalue weighted by Crippen LogP contribution is 2.33. The first-order valence-electron chi connectivity index (χ1n) is 5.51. The third-order valence-electron chi connectivity index (χ3n) is 2.52. The second-order valence-electron chi connectivity index (χ2n) is 3.98. The van der Waals surface area contributed by atoms with Crippen molar-refractivity contribution in [1.82, 2.24) is 0 Å². The molecule has 2 aromatic rings. The van der Waals surface area contributed by atoms with Crippen molar-refractivity contribution in [3.63, 3.8) is 0 Å². The minimum atomic E-state index is -0.0612. The van der Waals surface area contributed by atoms with Crippen LogP contribution in [0.25, 0.3) is 0 Å². The van der Waals surface area contributed by atoms with Crippen molar-refractivity contribution < 1.29 is 9.53 Å². The van der Waals surface area contributed by atoms with Crippen molar-refractivity contribution in [2.75, 3.05) is 5.73 Å². The Balaban J connectivity index is 2.29. The largest absolute Gasteiger partial charge is 0.456 e. The zero-order chi connectivity index (χ0) is 14.0. The predicted octanol–water partition coefficient (Wildman–Crippen LogP) is 4.79. The summed E-state index contributed by atoms with van der Waals surface area (Å²) >= 11 is 6.80. The molecule has 0 spiro atoms. The van der Waals surface area contributed by atoms with Crippen molar-refractivity contribution in [1.29, 1.82) is 0 Å². The van der Waals surface area contributed by atoms with Crippen molar-refractivity contribution in [2.24, 2.45) is 0 Å². The van der Waals surface area contributed by atoms with E-state index in [0.29, 0.717) is 22.7 Å². The number of halogens is 2. The number of hydrogen-bond acceptors (Lipinski definition) is 3. The number of ketones is 1. The topological polar surface area (TPSA) is 52.3 Å². The van der Waals surface area contributed by atoms with Gasteiger partial charge in [0.15, 0.2) is 5.78 Å². The molecule has 0 aliphatic carbocycles. The molecule has 0 radical (unpaired) electrons. The summed E-state index contributed by atoms with van der Waals surface area (Å²) in [5, 5.41) is 0. The molecule has 19 heavy (non-hydrogen) atoms. The summed E-state index contributed by atoms with van der Waals surface area (Å²) in [4.78, 5) is 11.3. The molecule has 0 heterocycles. The van der Waals surface area contributed by atoms with Crippen LogP contribution in [0, 0.1) is 0 Å². The molecule has 2 N–H and O–H groups in total. The second kappa shape index (κ2) is 5.75. The van der Waals surface area contributed by atoms with Crippen LogP contribution in [0.4, 0.5) is 5.69 Å². The van der Waals surface area contributed by atoms with Gasteiger partial charge in [0.2, 0.25) is 0 Å². The van der Waals surface area contributed by atoms with E-state index in [4.69, 9.17) is 10.5 Å². The Kier molecular flexibility index (Phi) is 4.27. The maximum Gasteiger partial charge on any atom is 0.161 e. The Morgan fingerprint density at radius 2 is 1.89 bits per heavy atom. The Labute approximate surface area is 128 Å².